The van der Waals surface area contributed by atoms with Gasteiger partial charge in [-0.25, -0.2) is 0 Å². The maximum absolute atomic E-state index is 2.29. The lowest BCUT2D eigenvalue weighted by atomic mass is 10.1. The van der Waals surface area contributed by atoms with E-state index in [1.165, 1.54) is 77.0 Å². The van der Waals surface area contributed by atoms with E-state index in [0.29, 0.717) is 0 Å². The molecule has 0 aliphatic heterocycles. The Bertz CT molecular complexity index is 84.2. The Labute approximate surface area is 97.8 Å². The molecular formula is C15H31. The summed E-state index contributed by atoms with van der Waals surface area (Å²) in [7, 11) is 0. The van der Waals surface area contributed by atoms with Gasteiger partial charge in [-0.3, -0.25) is 0 Å². The van der Waals surface area contributed by atoms with E-state index in [1.807, 2.05) is 0 Å². The fraction of sp³-hybridized carbons (Fsp3) is 0.933. The summed E-state index contributed by atoms with van der Waals surface area (Å²) in [6.07, 6.45) is 19.6. The van der Waals surface area contributed by atoms with Gasteiger partial charge in [-0.2, -0.15) is 0 Å². The molecule has 0 aliphatic carbocycles. The lowest BCUT2D eigenvalue weighted by Crippen LogP contribution is -1.82. The third-order valence-electron chi connectivity index (χ3n) is 3.10. The van der Waals surface area contributed by atoms with E-state index < -0.39 is 0 Å². The van der Waals surface area contributed by atoms with E-state index in [4.69, 9.17) is 0 Å². The molecule has 1 radical (unpaired) electrons. The number of hydrogen-bond donors (Lipinski definition) is 0. The third kappa shape index (κ3) is 14.0. The fourth-order valence-electron chi connectivity index (χ4n) is 2.01. The van der Waals surface area contributed by atoms with E-state index in [0.717, 1.165) is 0 Å². The standard InChI is InChI=1S/C15H31/c1-3-5-7-9-11-13-15-14-12-10-8-6-4-2/h3H,4-15H2,1-2H3. The predicted molar refractivity (Wildman–Crippen MR) is 71.1 cm³/mol. The predicted octanol–water partition coefficient (Wildman–Crippen LogP) is 5.91. The first kappa shape index (κ1) is 15.0. The Hall–Kier alpha value is 0. The zero-order valence-corrected chi connectivity index (χ0v) is 11.1. The minimum atomic E-state index is 1.32. The molecular weight excluding hydrogens is 180 g/mol. The molecule has 0 N–H and O–H groups in total. The Morgan fingerprint density at radius 3 is 1.40 bits per heavy atom. The van der Waals surface area contributed by atoms with Crippen LogP contribution in [0.15, 0.2) is 0 Å². The molecule has 0 aromatic rings. The second kappa shape index (κ2) is 14.0. The fourth-order valence-corrected chi connectivity index (χ4v) is 2.01. The second-order valence-electron chi connectivity index (χ2n) is 4.73. The van der Waals surface area contributed by atoms with Crippen LogP contribution in [-0.2, 0) is 0 Å². The molecule has 0 nitrogen and oxygen atoms in total. The van der Waals surface area contributed by atoms with Crippen LogP contribution in [0, 0.1) is 6.42 Å². The van der Waals surface area contributed by atoms with E-state index in [9.17, 15) is 0 Å². The van der Waals surface area contributed by atoms with Gasteiger partial charge in [-0.1, -0.05) is 90.9 Å². The molecule has 0 saturated heterocycles. The lowest BCUT2D eigenvalue weighted by Gasteiger charge is -2.01. The summed E-state index contributed by atoms with van der Waals surface area (Å²) in [5.74, 6) is 0. The zero-order chi connectivity index (χ0) is 11.2. The molecule has 0 rings (SSSR count). The summed E-state index contributed by atoms with van der Waals surface area (Å²) in [5.41, 5.74) is 0. The Morgan fingerprint density at radius 1 is 0.600 bits per heavy atom. The highest BCUT2D eigenvalue weighted by molar-refractivity contribution is 4.55. The quantitative estimate of drug-likeness (QED) is 0.352. The Balaban J connectivity index is 2.81. The molecule has 0 fully saturated rings. The van der Waals surface area contributed by atoms with Gasteiger partial charge in [-0.15, -0.1) is 0 Å². The van der Waals surface area contributed by atoms with Crippen molar-refractivity contribution in [2.24, 2.45) is 0 Å². The van der Waals surface area contributed by atoms with Crippen molar-refractivity contribution < 1.29 is 0 Å². The van der Waals surface area contributed by atoms with Crippen LogP contribution in [-0.4, -0.2) is 0 Å². The van der Waals surface area contributed by atoms with Crippen LogP contribution >= 0.6 is 0 Å². The molecule has 0 bridgehead atoms. The SMILES string of the molecule is C[CH]CCCCCCCCCCCCC. The lowest BCUT2D eigenvalue weighted by molar-refractivity contribution is 0.549. The van der Waals surface area contributed by atoms with Crippen molar-refractivity contribution in [2.45, 2.75) is 90.9 Å². The average Bonchev–Trinajstić information content (AvgIpc) is 2.26. The van der Waals surface area contributed by atoms with Crippen molar-refractivity contribution >= 4 is 0 Å². The molecule has 0 amide bonds. The van der Waals surface area contributed by atoms with Gasteiger partial charge in [-0.05, 0) is 6.42 Å². The van der Waals surface area contributed by atoms with E-state index in [2.05, 4.69) is 20.3 Å². The van der Waals surface area contributed by atoms with Crippen molar-refractivity contribution in [1.82, 2.24) is 0 Å². The van der Waals surface area contributed by atoms with Crippen molar-refractivity contribution in [3.8, 4) is 0 Å². The Morgan fingerprint density at radius 2 is 1.00 bits per heavy atom. The van der Waals surface area contributed by atoms with Crippen LogP contribution in [0.3, 0.4) is 0 Å². The van der Waals surface area contributed by atoms with Gasteiger partial charge < -0.3 is 0 Å². The molecule has 15 heavy (non-hydrogen) atoms. The highest BCUT2D eigenvalue weighted by atomic mass is 14.0. The molecule has 0 aliphatic rings. The van der Waals surface area contributed by atoms with Crippen LogP contribution in [0.1, 0.15) is 90.9 Å². The van der Waals surface area contributed by atoms with Crippen LogP contribution in [0.5, 0.6) is 0 Å². The highest BCUT2D eigenvalue weighted by Crippen LogP contribution is 2.11. The summed E-state index contributed by atoms with van der Waals surface area (Å²) in [4.78, 5) is 0. The van der Waals surface area contributed by atoms with Gasteiger partial charge in [0.15, 0.2) is 0 Å². The number of rotatable bonds is 12. The van der Waals surface area contributed by atoms with Gasteiger partial charge in [0.2, 0.25) is 0 Å². The first-order valence-electron chi connectivity index (χ1n) is 7.19. The molecule has 91 valence electrons. The second-order valence-corrected chi connectivity index (χ2v) is 4.73. The van der Waals surface area contributed by atoms with Gasteiger partial charge in [0, 0.05) is 0 Å². The summed E-state index contributed by atoms with van der Waals surface area (Å²) in [6, 6.07) is 0. The summed E-state index contributed by atoms with van der Waals surface area (Å²) in [5, 5.41) is 0. The molecule has 0 heteroatoms. The maximum Gasteiger partial charge on any atom is -0.0417 e. The van der Waals surface area contributed by atoms with E-state index >= 15 is 0 Å². The number of hydrogen-bond acceptors (Lipinski definition) is 0. The topological polar surface area (TPSA) is 0 Å². The number of unbranched alkanes of at least 4 members (excludes halogenated alkanes) is 12. The van der Waals surface area contributed by atoms with Crippen LogP contribution in [0.25, 0.3) is 0 Å². The largest absolute Gasteiger partial charge is 0.0654 e. The summed E-state index contributed by atoms with van der Waals surface area (Å²) >= 11 is 0. The van der Waals surface area contributed by atoms with Crippen molar-refractivity contribution in [3.63, 3.8) is 0 Å². The minimum Gasteiger partial charge on any atom is -0.0654 e. The average molecular weight is 211 g/mol. The first-order valence-corrected chi connectivity index (χ1v) is 7.19. The highest BCUT2D eigenvalue weighted by Gasteiger charge is 1.92. The third-order valence-corrected chi connectivity index (χ3v) is 3.10. The summed E-state index contributed by atoms with van der Waals surface area (Å²) in [6.45, 7) is 4.45. The van der Waals surface area contributed by atoms with Crippen molar-refractivity contribution in [2.75, 3.05) is 0 Å². The molecule has 0 aromatic carbocycles. The molecule has 0 atom stereocenters. The van der Waals surface area contributed by atoms with Gasteiger partial charge in [0.1, 0.15) is 0 Å². The summed E-state index contributed by atoms with van der Waals surface area (Å²) < 4.78 is 0. The molecule has 0 spiro atoms. The van der Waals surface area contributed by atoms with E-state index in [-0.39, 0.29) is 0 Å². The maximum atomic E-state index is 2.29. The minimum absolute atomic E-state index is 1.32. The molecule has 0 aromatic heterocycles. The normalized spacial score (nSPS) is 10.8. The molecule has 0 saturated carbocycles. The zero-order valence-electron chi connectivity index (χ0n) is 11.1. The van der Waals surface area contributed by atoms with Crippen molar-refractivity contribution in [1.29, 1.82) is 0 Å². The van der Waals surface area contributed by atoms with Crippen LogP contribution < -0.4 is 0 Å². The monoisotopic (exact) mass is 211 g/mol. The Kier molecular flexibility index (Phi) is 14.0. The van der Waals surface area contributed by atoms with Crippen LogP contribution in [0.4, 0.5) is 0 Å². The molecule has 0 unspecified atom stereocenters. The van der Waals surface area contributed by atoms with E-state index in [1.54, 1.807) is 0 Å². The van der Waals surface area contributed by atoms with Gasteiger partial charge in [0.25, 0.3) is 0 Å². The van der Waals surface area contributed by atoms with Gasteiger partial charge in [0.05, 0.1) is 0 Å². The van der Waals surface area contributed by atoms with Gasteiger partial charge >= 0.3 is 0 Å². The smallest absolute Gasteiger partial charge is 0.0417 e. The van der Waals surface area contributed by atoms with Crippen LogP contribution in [0.2, 0.25) is 0 Å². The first-order chi connectivity index (χ1) is 7.41. The van der Waals surface area contributed by atoms with Crippen molar-refractivity contribution in [3.05, 3.63) is 6.42 Å². The molecule has 0 heterocycles.